The van der Waals surface area contributed by atoms with E-state index in [0.29, 0.717) is 5.82 Å². The van der Waals surface area contributed by atoms with Gasteiger partial charge >= 0.3 is 0 Å². The van der Waals surface area contributed by atoms with Gasteiger partial charge in [-0.15, -0.1) is 0 Å². The lowest BCUT2D eigenvalue weighted by molar-refractivity contribution is 0.601. The number of nitriles is 2. The Balaban J connectivity index is 1.92. The summed E-state index contributed by atoms with van der Waals surface area (Å²) in [6.45, 7) is 3.79. The monoisotopic (exact) mass is 376 g/mol. The zero-order valence-electron chi connectivity index (χ0n) is 21.4. The molecule has 6 nitrogen and oxygen atoms in total. The summed E-state index contributed by atoms with van der Waals surface area (Å²) in [5.41, 5.74) is 3.43. The highest BCUT2D eigenvalue weighted by molar-refractivity contribution is 5.69. The van der Waals surface area contributed by atoms with Gasteiger partial charge in [0.1, 0.15) is 5.82 Å². The van der Waals surface area contributed by atoms with Crippen LogP contribution >= 0.6 is 0 Å². The minimum atomic E-state index is -3.00. The van der Waals surface area contributed by atoms with Gasteiger partial charge in [0.15, 0.2) is 0 Å². The number of benzene rings is 1. The average molecular weight is 376 g/mol. The fourth-order valence-electron chi connectivity index (χ4n) is 2.68. The fraction of sp³-hybridized carbons (Fsp3) is 0.273. The number of hydrogen-bond donors (Lipinski definition) is 2. The molecule has 3 rings (SSSR count). The van der Waals surface area contributed by atoms with E-state index in [1.807, 2.05) is 32.0 Å². The van der Waals surface area contributed by atoms with Gasteiger partial charge in [0.2, 0.25) is 5.95 Å². The van der Waals surface area contributed by atoms with Gasteiger partial charge in [-0.25, -0.2) is 4.98 Å². The number of aryl methyl sites for hydroxylation is 2. The third-order valence-electron chi connectivity index (χ3n) is 3.93. The lowest BCUT2D eigenvalue weighted by Crippen LogP contribution is -2.22. The molecule has 140 valence electrons. The molecule has 0 saturated heterocycles. The fourth-order valence-corrected chi connectivity index (χ4v) is 2.68. The van der Waals surface area contributed by atoms with E-state index in [4.69, 9.17) is 13.5 Å². The predicted octanol–water partition coefficient (Wildman–Crippen LogP) is 4.64. The van der Waals surface area contributed by atoms with E-state index >= 15 is 0 Å². The third-order valence-corrected chi connectivity index (χ3v) is 3.93. The second-order valence-corrected chi connectivity index (χ2v) is 6.03. The summed E-state index contributed by atoms with van der Waals surface area (Å²) in [4.78, 5) is 8.31. The first-order valence-corrected chi connectivity index (χ1v) is 8.47. The molecule has 1 aromatic heterocycles. The molecule has 2 atom stereocenters. The molecule has 0 amide bonds. The Bertz CT molecular complexity index is 1240. The van der Waals surface area contributed by atoms with Gasteiger partial charge in [0, 0.05) is 29.5 Å². The Labute approximate surface area is 173 Å². The Hall–Kier alpha value is -3.64. The van der Waals surface area contributed by atoms with Gasteiger partial charge in [-0.1, -0.05) is 12.2 Å². The molecule has 2 N–H and O–H groups in total. The van der Waals surface area contributed by atoms with Crippen LogP contribution in [0.4, 0.5) is 17.5 Å². The van der Waals surface area contributed by atoms with Gasteiger partial charge < -0.3 is 10.6 Å². The minimum Gasteiger partial charge on any atom is -0.348 e. The predicted molar refractivity (Wildman–Crippen MR) is 111 cm³/mol. The lowest BCUT2D eigenvalue weighted by atomic mass is 9.94. The molecule has 2 unspecified atom stereocenters. The lowest BCUT2D eigenvalue weighted by Gasteiger charge is -2.20. The van der Waals surface area contributed by atoms with Crippen LogP contribution in [0.5, 0.6) is 0 Å². The second kappa shape index (κ2) is 8.83. The number of hydrogen-bond acceptors (Lipinski definition) is 6. The van der Waals surface area contributed by atoms with Crippen molar-refractivity contribution in [2.45, 2.75) is 32.6 Å². The number of nitrogens with one attached hydrogen (secondary N) is 2. The van der Waals surface area contributed by atoms with E-state index in [2.05, 4.69) is 20.6 Å². The molecular formula is C22H22N6. The van der Waals surface area contributed by atoms with E-state index in [0.717, 1.165) is 34.5 Å². The van der Waals surface area contributed by atoms with E-state index in [1.54, 1.807) is 12.1 Å². The van der Waals surface area contributed by atoms with Crippen LogP contribution in [-0.4, -0.2) is 16.0 Å². The normalized spacial score (nSPS) is 30.4. The Morgan fingerprint density at radius 2 is 2.04 bits per heavy atom. The van der Waals surface area contributed by atoms with Crippen molar-refractivity contribution in [3.05, 3.63) is 59.3 Å². The van der Waals surface area contributed by atoms with Crippen LogP contribution in [0.3, 0.4) is 0 Å². The van der Waals surface area contributed by atoms with Crippen molar-refractivity contribution in [2.24, 2.45) is 5.89 Å². The average Bonchev–Trinajstić information content (AvgIpc) is 2.77. The standard InChI is InChI=1S/C22H22N6/c1-15-12-18(4-3-10-23)13-16(2)21(15)27-20-9-11-25-22(28-20)26-19-7-5-17(14-24)6-8-19/h3-5,7,9,11-13,17,19H,6,8H2,1-2H3,(H2,25,26,27,28)/b4-3+/i6D2,8D2,17D,19D. The van der Waals surface area contributed by atoms with Crippen molar-refractivity contribution >= 4 is 23.5 Å². The first kappa shape index (κ1) is 12.7. The number of allylic oxidation sites excluding steroid dienone is 2. The molecule has 0 spiro atoms. The number of aromatic nitrogens is 2. The Morgan fingerprint density at radius 1 is 1.25 bits per heavy atom. The number of rotatable bonds is 5. The third kappa shape index (κ3) is 4.75. The smallest absolute Gasteiger partial charge is 0.225 e. The van der Waals surface area contributed by atoms with Crippen molar-refractivity contribution in [1.29, 1.82) is 10.5 Å². The van der Waals surface area contributed by atoms with E-state index in [9.17, 15) is 5.26 Å². The number of nitrogens with zero attached hydrogens (tertiary/aromatic N) is 4. The molecule has 28 heavy (non-hydrogen) atoms. The van der Waals surface area contributed by atoms with Crippen molar-refractivity contribution in [3.63, 3.8) is 0 Å². The highest BCUT2D eigenvalue weighted by Gasteiger charge is 2.16. The van der Waals surface area contributed by atoms with Gasteiger partial charge in [0.05, 0.1) is 20.8 Å². The Morgan fingerprint density at radius 3 is 2.75 bits per heavy atom. The highest BCUT2D eigenvalue weighted by Crippen LogP contribution is 2.26. The minimum absolute atomic E-state index is 0.136. The molecule has 2 aromatic rings. The molecule has 0 aliphatic heterocycles. The molecule has 1 heterocycles. The summed E-state index contributed by atoms with van der Waals surface area (Å²) in [5.74, 6) is -2.28. The van der Waals surface area contributed by atoms with Crippen LogP contribution in [-0.2, 0) is 0 Å². The molecule has 1 aliphatic carbocycles. The molecule has 1 aliphatic rings. The molecule has 6 heteroatoms. The van der Waals surface area contributed by atoms with E-state index in [1.165, 1.54) is 18.3 Å². The first-order valence-electron chi connectivity index (χ1n) is 11.5. The van der Waals surface area contributed by atoms with E-state index in [-0.39, 0.29) is 5.95 Å². The summed E-state index contributed by atoms with van der Waals surface area (Å²) in [5, 5.41) is 23.6. The van der Waals surface area contributed by atoms with Crippen LogP contribution in [0.2, 0.25) is 0 Å². The first-order chi connectivity index (χ1) is 15.8. The van der Waals surface area contributed by atoms with Crippen LogP contribution in [0.15, 0.2) is 42.6 Å². The maximum atomic E-state index is 9.23. The zero-order chi connectivity index (χ0) is 25.4. The molecule has 0 saturated carbocycles. The topological polar surface area (TPSA) is 97.4 Å². The summed E-state index contributed by atoms with van der Waals surface area (Å²) in [7, 11) is 0. The summed E-state index contributed by atoms with van der Waals surface area (Å²) in [6, 6.07) is 6.44. The van der Waals surface area contributed by atoms with Gasteiger partial charge in [-0.2, -0.15) is 15.5 Å². The van der Waals surface area contributed by atoms with Crippen molar-refractivity contribution in [3.8, 4) is 12.1 Å². The molecular weight excluding hydrogens is 348 g/mol. The summed E-state index contributed by atoms with van der Waals surface area (Å²) in [6.07, 6.45) is 0.357. The van der Waals surface area contributed by atoms with Crippen molar-refractivity contribution in [2.75, 3.05) is 10.6 Å². The zero-order valence-corrected chi connectivity index (χ0v) is 15.4. The summed E-state index contributed by atoms with van der Waals surface area (Å²) >= 11 is 0. The van der Waals surface area contributed by atoms with Gasteiger partial charge in [-0.3, -0.25) is 0 Å². The maximum absolute atomic E-state index is 9.23. The van der Waals surface area contributed by atoms with Crippen LogP contribution < -0.4 is 10.6 Å². The number of anilines is 3. The highest BCUT2D eigenvalue weighted by atomic mass is 15.1. The van der Waals surface area contributed by atoms with Crippen molar-refractivity contribution < 1.29 is 8.22 Å². The molecule has 0 fully saturated rings. The Kier molecular flexibility index (Phi) is 4.01. The van der Waals surface area contributed by atoms with E-state index < -0.39 is 24.7 Å². The van der Waals surface area contributed by atoms with Gasteiger partial charge in [-0.05, 0) is 67.6 Å². The van der Waals surface area contributed by atoms with Crippen LogP contribution in [0, 0.1) is 42.4 Å². The second-order valence-electron chi connectivity index (χ2n) is 6.03. The molecule has 1 aromatic carbocycles. The molecule has 0 bridgehead atoms. The van der Waals surface area contributed by atoms with Gasteiger partial charge in [0.25, 0.3) is 0 Å². The van der Waals surface area contributed by atoms with Crippen molar-refractivity contribution in [1.82, 2.24) is 9.97 Å². The van der Waals surface area contributed by atoms with Crippen LogP contribution in [0.1, 0.15) is 37.7 Å². The maximum Gasteiger partial charge on any atom is 0.225 e. The molecule has 0 radical (unpaired) electrons. The largest absolute Gasteiger partial charge is 0.348 e. The summed E-state index contributed by atoms with van der Waals surface area (Å²) < 4.78 is 49.3. The van der Waals surface area contributed by atoms with Crippen LogP contribution in [0.25, 0.3) is 6.08 Å². The SMILES string of the molecule is [2H]C1(C#N)C=CC([2H])(Nc2nccc(Nc3c(C)cc(/C=C/C#N)cc3C)n2)C([2H])([2H])C1([2H])[2H]. The quantitative estimate of drug-likeness (QED) is 0.582.